The molecule has 0 heterocycles. The topological polar surface area (TPSA) is 90.6 Å². The normalized spacial score (nSPS) is 25.5. The van der Waals surface area contributed by atoms with Crippen LogP contribution in [0.2, 0.25) is 0 Å². The SMILES string of the molecule is CCOC(=O)[C@@H]1CC[C@@H](NC(=O)OC(C)(C)C)[C@H](N)C1.Cl. The smallest absolute Gasteiger partial charge is 0.407 e. The highest BCUT2D eigenvalue weighted by Gasteiger charge is 2.34. The maximum Gasteiger partial charge on any atom is 0.407 e. The Balaban J connectivity index is 0.00000400. The summed E-state index contributed by atoms with van der Waals surface area (Å²) in [6, 6.07) is -0.416. The maximum absolute atomic E-state index is 11.7. The first-order chi connectivity index (χ1) is 9.23. The van der Waals surface area contributed by atoms with Gasteiger partial charge in [-0.25, -0.2) is 4.79 Å². The third kappa shape index (κ3) is 7.00. The Morgan fingerprint density at radius 3 is 2.38 bits per heavy atom. The largest absolute Gasteiger partial charge is 0.466 e. The van der Waals surface area contributed by atoms with Gasteiger partial charge in [0.25, 0.3) is 0 Å². The molecule has 0 unspecified atom stereocenters. The van der Waals surface area contributed by atoms with Crippen LogP contribution in [0.5, 0.6) is 0 Å². The molecule has 0 aromatic carbocycles. The number of nitrogens with one attached hydrogen (secondary N) is 1. The van der Waals surface area contributed by atoms with Gasteiger partial charge in [-0.15, -0.1) is 12.4 Å². The average Bonchev–Trinajstić information content (AvgIpc) is 2.29. The predicted octanol–water partition coefficient (Wildman–Crippen LogP) is 1.99. The number of carbonyl (C=O) groups excluding carboxylic acids is 2. The Labute approximate surface area is 132 Å². The fourth-order valence-electron chi connectivity index (χ4n) is 2.32. The number of ether oxygens (including phenoxy) is 2. The molecule has 1 fully saturated rings. The zero-order valence-electron chi connectivity index (χ0n) is 13.2. The lowest BCUT2D eigenvalue weighted by molar-refractivity contribution is -0.149. The van der Waals surface area contributed by atoms with Crippen LogP contribution >= 0.6 is 12.4 Å². The Bertz CT molecular complexity index is 357. The Morgan fingerprint density at radius 2 is 1.90 bits per heavy atom. The molecule has 0 radical (unpaired) electrons. The molecule has 0 aliphatic heterocycles. The molecule has 0 aromatic rings. The van der Waals surface area contributed by atoms with Gasteiger partial charge in [0, 0.05) is 12.1 Å². The van der Waals surface area contributed by atoms with Crippen LogP contribution in [-0.4, -0.2) is 36.4 Å². The highest BCUT2D eigenvalue weighted by atomic mass is 35.5. The van der Waals surface area contributed by atoms with Gasteiger partial charge >= 0.3 is 12.1 Å². The van der Waals surface area contributed by atoms with Crippen LogP contribution < -0.4 is 11.1 Å². The lowest BCUT2D eigenvalue weighted by Gasteiger charge is -2.33. The third-order valence-corrected chi connectivity index (χ3v) is 3.22. The molecule has 1 rings (SSSR count). The molecule has 1 aliphatic carbocycles. The minimum absolute atomic E-state index is 0. The first-order valence-corrected chi connectivity index (χ1v) is 7.14. The van der Waals surface area contributed by atoms with Crippen LogP contribution in [-0.2, 0) is 14.3 Å². The van der Waals surface area contributed by atoms with Crippen LogP contribution in [0.3, 0.4) is 0 Å². The van der Waals surface area contributed by atoms with Crippen molar-refractivity contribution in [3.63, 3.8) is 0 Å². The molecule has 1 aliphatic rings. The number of hydrogen-bond acceptors (Lipinski definition) is 5. The summed E-state index contributed by atoms with van der Waals surface area (Å²) in [6.45, 7) is 7.59. The third-order valence-electron chi connectivity index (χ3n) is 3.22. The molecule has 0 spiro atoms. The monoisotopic (exact) mass is 322 g/mol. The van der Waals surface area contributed by atoms with E-state index in [1.165, 1.54) is 0 Å². The van der Waals surface area contributed by atoms with E-state index in [-0.39, 0.29) is 36.4 Å². The fraction of sp³-hybridized carbons (Fsp3) is 0.857. The quantitative estimate of drug-likeness (QED) is 0.775. The summed E-state index contributed by atoms with van der Waals surface area (Å²) in [5, 5.41) is 2.78. The number of carbonyl (C=O) groups is 2. The summed E-state index contributed by atoms with van der Waals surface area (Å²) in [5.41, 5.74) is 5.51. The summed E-state index contributed by atoms with van der Waals surface area (Å²) < 4.78 is 10.2. The number of hydrogen-bond donors (Lipinski definition) is 2. The number of rotatable bonds is 3. The van der Waals surface area contributed by atoms with Crippen molar-refractivity contribution in [3.05, 3.63) is 0 Å². The molecular weight excluding hydrogens is 296 g/mol. The lowest BCUT2D eigenvalue weighted by atomic mass is 9.83. The van der Waals surface area contributed by atoms with Crippen LogP contribution in [0.4, 0.5) is 4.79 Å². The molecule has 124 valence electrons. The van der Waals surface area contributed by atoms with E-state index < -0.39 is 11.7 Å². The molecule has 6 nitrogen and oxygen atoms in total. The first kappa shape index (κ1) is 20.0. The van der Waals surface area contributed by atoms with Crippen molar-refractivity contribution in [2.45, 2.75) is 64.6 Å². The number of alkyl carbamates (subject to hydrolysis) is 1. The Kier molecular flexibility index (Phi) is 8.03. The van der Waals surface area contributed by atoms with Crippen LogP contribution in [0, 0.1) is 5.92 Å². The first-order valence-electron chi connectivity index (χ1n) is 7.14. The van der Waals surface area contributed by atoms with Crippen molar-refractivity contribution in [2.75, 3.05) is 6.61 Å². The number of nitrogens with two attached hydrogens (primary N) is 1. The van der Waals surface area contributed by atoms with Gasteiger partial charge in [0.1, 0.15) is 5.60 Å². The molecule has 1 amide bonds. The number of amides is 1. The van der Waals surface area contributed by atoms with E-state index in [0.29, 0.717) is 25.9 Å². The Morgan fingerprint density at radius 1 is 1.29 bits per heavy atom. The van der Waals surface area contributed by atoms with Gasteiger partial charge in [-0.3, -0.25) is 4.79 Å². The number of esters is 1. The summed E-state index contributed by atoms with van der Waals surface area (Å²) >= 11 is 0. The summed E-state index contributed by atoms with van der Waals surface area (Å²) in [6.07, 6.45) is 1.39. The zero-order valence-corrected chi connectivity index (χ0v) is 14.0. The molecule has 3 N–H and O–H groups in total. The molecule has 7 heteroatoms. The lowest BCUT2D eigenvalue weighted by Crippen LogP contribution is -2.52. The second kappa shape index (κ2) is 8.44. The van der Waals surface area contributed by atoms with Crippen molar-refractivity contribution < 1.29 is 19.1 Å². The standard InChI is InChI=1S/C14H26N2O4.ClH/c1-5-19-12(17)9-6-7-11(10(15)8-9)16-13(18)20-14(2,3)4;/h9-11H,5-8,15H2,1-4H3,(H,16,18);1H/t9-,10-,11-;/m1./s1. The predicted molar refractivity (Wildman–Crippen MR) is 82.4 cm³/mol. The van der Waals surface area contributed by atoms with Gasteiger partial charge in [-0.1, -0.05) is 0 Å². The second-order valence-corrected chi connectivity index (χ2v) is 6.18. The van der Waals surface area contributed by atoms with Gasteiger partial charge in [0.2, 0.25) is 0 Å². The van der Waals surface area contributed by atoms with E-state index in [1.54, 1.807) is 6.92 Å². The van der Waals surface area contributed by atoms with E-state index in [0.717, 1.165) is 0 Å². The van der Waals surface area contributed by atoms with Crippen LogP contribution in [0.15, 0.2) is 0 Å². The fourth-order valence-corrected chi connectivity index (χ4v) is 2.32. The van der Waals surface area contributed by atoms with Crippen molar-refractivity contribution in [3.8, 4) is 0 Å². The van der Waals surface area contributed by atoms with Gasteiger partial charge in [0.15, 0.2) is 0 Å². The van der Waals surface area contributed by atoms with E-state index in [9.17, 15) is 9.59 Å². The molecule has 21 heavy (non-hydrogen) atoms. The van der Waals surface area contributed by atoms with Crippen LogP contribution in [0.25, 0.3) is 0 Å². The van der Waals surface area contributed by atoms with Gasteiger partial charge in [-0.05, 0) is 47.0 Å². The average molecular weight is 323 g/mol. The van der Waals surface area contributed by atoms with Gasteiger partial charge in [-0.2, -0.15) is 0 Å². The highest BCUT2D eigenvalue weighted by Crippen LogP contribution is 2.25. The van der Waals surface area contributed by atoms with Gasteiger partial charge in [0.05, 0.1) is 12.5 Å². The molecule has 0 bridgehead atoms. The molecule has 1 saturated carbocycles. The van der Waals surface area contributed by atoms with Crippen molar-refractivity contribution in [1.82, 2.24) is 5.32 Å². The zero-order chi connectivity index (χ0) is 15.3. The maximum atomic E-state index is 11.7. The summed E-state index contributed by atoms with van der Waals surface area (Å²) in [5.74, 6) is -0.361. The molecule has 0 aromatic heterocycles. The second-order valence-electron chi connectivity index (χ2n) is 6.18. The van der Waals surface area contributed by atoms with Crippen molar-refractivity contribution in [2.24, 2.45) is 11.7 Å². The van der Waals surface area contributed by atoms with E-state index in [2.05, 4.69) is 5.32 Å². The van der Waals surface area contributed by atoms with Gasteiger partial charge < -0.3 is 20.5 Å². The van der Waals surface area contributed by atoms with E-state index in [4.69, 9.17) is 15.2 Å². The molecule has 3 atom stereocenters. The summed E-state index contributed by atoms with van der Waals surface area (Å²) in [7, 11) is 0. The minimum atomic E-state index is -0.531. The minimum Gasteiger partial charge on any atom is -0.466 e. The van der Waals surface area contributed by atoms with Crippen molar-refractivity contribution >= 4 is 24.5 Å². The molecule has 0 saturated heterocycles. The number of halogens is 1. The summed E-state index contributed by atoms with van der Waals surface area (Å²) in [4.78, 5) is 23.4. The van der Waals surface area contributed by atoms with E-state index in [1.807, 2.05) is 20.8 Å². The van der Waals surface area contributed by atoms with Crippen molar-refractivity contribution in [1.29, 1.82) is 0 Å². The highest BCUT2D eigenvalue weighted by molar-refractivity contribution is 5.85. The Hall–Kier alpha value is -1.01. The molecular formula is C14H27ClN2O4. The van der Waals surface area contributed by atoms with Crippen LogP contribution in [0.1, 0.15) is 47.0 Å². The van der Waals surface area contributed by atoms with E-state index >= 15 is 0 Å².